The summed E-state index contributed by atoms with van der Waals surface area (Å²) >= 11 is 0. The van der Waals surface area contributed by atoms with Crippen molar-refractivity contribution in [2.75, 3.05) is 28.2 Å². The molecule has 0 spiro atoms. The summed E-state index contributed by atoms with van der Waals surface area (Å²) in [7, 11) is 7.93. The maximum atomic E-state index is 13.0. The Morgan fingerprint density at radius 1 is 0.625 bits per heavy atom. The summed E-state index contributed by atoms with van der Waals surface area (Å²) in [5.74, 6) is -0.117. The topological polar surface area (TPSA) is 40.6 Å². The summed E-state index contributed by atoms with van der Waals surface area (Å²) in [5, 5.41) is 0. The van der Waals surface area contributed by atoms with Crippen LogP contribution in [0.15, 0.2) is 36.4 Å². The van der Waals surface area contributed by atoms with Crippen LogP contribution in [-0.2, 0) is 13.1 Å². The predicted octanol–water partition coefficient (Wildman–Crippen LogP) is 2.59. The highest BCUT2D eigenvalue weighted by Crippen LogP contribution is 2.29. The molecule has 0 aromatic heterocycles. The summed E-state index contributed by atoms with van der Waals surface area (Å²) in [5.41, 5.74) is 4.13. The normalized spacial score (nSPS) is 13.4. The maximum absolute atomic E-state index is 13.0. The Labute approximate surface area is 142 Å². The van der Waals surface area contributed by atoms with Gasteiger partial charge in [-0.15, -0.1) is 0 Å². The Balaban J connectivity index is 2.05. The first kappa shape index (κ1) is 16.6. The first-order valence-corrected chi connectivity index (χ1v) is 8.01. The molecule has 0 fully saturated rings. The molecule has 4 heteroatoms. The number of benzene rings is 2. The summed E-state index contributed by atoms with van der Waals surface area (Å²) in [4.78, 5) is 29.8. The molecule has 0 bridgehead atoms. The molecular formula is C20H22N2O2. The minimum Gasteiger partial charge on any atom is -0.305 e. The molecule has 0 aliphatic heterocycles. The molecule has 3 rings (SSSR count). The molecule has 2 aromatic carbocycles. The standard InChI is InChI=1S/C20H22N2O2/c1-21(2)11-13-5-7-15-17(9-13)20(24)18-10-14(12-22(3)4)6-8-16(18)19(15)23/h5-10H,11-12H2,1-4H3. The first-order chi connectivity index (χ1) is 11.4. The van der Waals surface area contributed by atoms with E-state index in [0.717, 1.165) is 24.2 Å². The lowest BCUT2D eigenvalue weighted by molar-refractivity contribution is 0.0979. The lowest BCUT2D eigenvalue weighted by Gasteiger charge is -2.20. The summed E-state index contributed by atoms with van der Waals surface area (Å²) in [6.45, 7) is 1.48. The largest absolute Gasteiger partial charge is 0.305 e. The van der Waals surface area contributed by atoms with Crippen LogP contribution in [0.2, 0.25) is 0 Å². The van der Waals surface area contributed by atoms with Crippen LogP contribution >= 0.6 is 0 Å². The van der Waals surface area contributed by atoms with Gasteiger partial charge in [0, 0.05) is 35.3 Å². The van der Waals surface area contributed by atoms with Crippen molar-refractivity contribution in [1.29, 1.82) is 0 Å². The van der Waals surface area contributed by atoms with Gasteiger partial charge in [0.15, 0.2) is 11.6 Å². The Morgan fingerprint density at radius 2 is 1.00 bits per heavy atom. The van der Waals surface area contributed by atoms with Crippen molar-refractivity contribution in [3.8, 4) is 0 Å². The zero-order chi connectivity index (χ0) is 17.4. The second-order valence-corrected chi connectivity index (χ2v) is 6.89. The van der Waals surface area contributed by atoms with Gasteiger partial charge in [0.05, 0.1) is 0 Å². The van der Waals surface area contributed by atoms with Crippen LogP contribution in [0.3, 0.4) is 0 Å². The molecule has 0 heterocycles. The van der Waals surface area contributed by atoms with Gasteiger partial charge in [0.1, 0.15) is 0 Å². The molecule has 1 aliphatic rings. The van der Waals surface area contributed by atoms with Gasteiger partial charge in [-0.1, -0.05) is 12.1 Å². The second-order valence-electron chi connectivity index (χ2n) is 6.89. The number of carbonyl (C=O) groups is 2. The van der Waals surface area contributed by atoms with Gasteiger partial charge >= 0.3 is 0 Å². The molecule has 0 N–H and O–H groups in total. The van der Waals surface area contributed by atoms with Crippen LogP contribution in [0.1, 0.15) is 43.0 Å². The van der Waals surface area contributed by atoms with E-state index in [-0.39, 0.29) is 11.6 Å². The average Bonchev–Trinajstić information content (AvgIpc) is 2.51. The third-order valence-electron chi connectivity index (χ3n) is 4.14. The molecule has 0 unspecified atom stereocenters. The monoisotopic (exact) mass is 322 g/mol. The second kappa shape index (κ2) is 6.30. The summed E-state index contributed by atoms with van der Waals surface area (Å²) in [6, 6.07) is 11.1. The maximum Gasteiger partial charge on any atom is 0.194 e. The van der Waals surface area contributed by atoms with Crippen LogP contribution in [0, 0.1) is 0 Å². The van der Waals surface area contributed by atoms with Gasteiger partial charge in [0.2, 0.25) is 0 Å². The lowest BCUT2D eigenvalue weighted by atomic mass is 9.82. The van der Waals surface area contributed by atoms with Crippen molar-refractivity contribution in [2.45, 2.75) is 13.1 Å². The van der Waals surface area contributed by atoms with E-state index in [1.807, 2.05) is 62.3 Å². The number of hydrogen-bond donors (Lipinski definition) is 0. The van der Waals surface area contributed by atoms with Crippen LogP contribution < -0.4 is 0 Å². The minimum atomic E-state index is -0.0626. The SMILES string of the molecule is CN(C)Cc1ccc2c(c1)C(=O)c1cc(CN(C)C)ccc1C2=O. The van der Waals surface area contributed by atoms with Crippen molar-refractivity contribution in [3.05, 3.63) is 69.8 Å². The van der Waals surface area contributed by atoms with Crippen molar-refractivity contribution in [2.24, 2.45) is 0 Å². The highest BCUT2D eigenvalue weighted by Gasteiger charge is 2.30. The van der Waals surface area contributed by atoms with E-state index in [0.29, 0.717) is 22.3 Å². The number of nitrogens with zero attached hydrogens (tertiary/aromatic N) is 2. The number of carbonyl (C=O) groups excluding carboxylic acids is 2. The quantitative estimate of drug-likeness (QED) is 0.740. The van der Waals surface area contributed by atoms with Gasteiger partial charge in [0.25, 0.3) is 0 Å². The van der Waals surface area contributed by atoms with Crippen LogP contribution in [0.25, 0.3) is 0 Å². The van der Waals surface area contributed by atoms with Gasteiger partial charge in [-0.05, 0) is 63.6 Å². The third kappa shape index (κ3) is 3.03. The molecule has 0 amide bonds. The van der Waals surface area contributed by atoms with Gasteiger partial charge in [-0.2, -0.15) is 0 Å². The highest BCUT2D eigenvalue weighted by atomic mass is 16.1. The van der Waals surface area contributed by atoms with Gasteiger partial charge in [-0.25, -0.2) is 0 Å². The zero-order valence-corrected chi connectivity index (χ0v) is 14.6. The fraction of sp³-hybridized carbons (Fsp3) is 0.300. The molecule has 24 heavy (non-hydrogen) atoms. The summed E-state index contributed by atoms with van der Waals surface area (Å²) < 4.78 is 0. The predicted molar refractivity (Wildman–Crippen MR) is 94.5 cm³/mol. The van der Waals surface area contributed by atoms with E-state index >= 15 is 0 Å². The fourth-order valence-electron chi connectivity index (χ4n) is 3.17. The highest BCUT2D eigenvalue weighted by molar-refractivity contribution is 6.28. The van der Waals surface area contributed by atoms with Crippen LogP contribution in [0.4, 0.5) is 0 Å². The van der Waals surface area contributed by atoms with Crippen LogP contribution in [-0.4, -0.2) is 49.6 Å². The average molecular weight is 322 g/mol. The van der Waals surface area contributed by atoms with E-state index < -0.39 is 0 Å². The molecule has 0 saturated heterocycles. The van der Waals surface area contributed by atoms with E-state index in [9.17, 15) is 9.59 Å². The molecule has 0 radical (unpaired) electrons. The molecule has 1 aliphatic carbocycles. The Morgan fingerprint density at radius 3 is 1.38 bits per heavy atom. The molecule has 0 atom stereocenters. The van der Waals surface area contributed by atoms with E-state index in [1.165, 1.54) is 0 Å². The van der Waals surface area contributed by atoms with E-state index in [4.69, 9.17) is 0 Å². The smallest absolute Gasteiger partial charge is 0.194 e. The number of ketones is 2. The van der Waals surface area contributed by atoms with Crippen LogP contribution in [0.5, 0.6) is 0 Å². The number of hydrogen-bond acceptors (Lipinski definition) is 4. The number of fused-ring (bicyclic) bond motifs is 2. The lowest BCUT2D eigenvalue weighted by Crippen LogP contribution is -2.22. The third-order valence-corrected chi connectivity index (χ3v) is 4.14. The van der Waals surface area contributed by atoms with Gasteiger partial charge in [-0.3, -0.25) is 9.59 Å². The van der Waals surface area contributed by atoms with E-state index in [1.54, 1.807) is 12.1 Å². The van der Waals surface area contributed by atoms with Crippen molar-refractivity contribution in [3.63, 3.8) is 0 Å². The van der Waals surface area contributed by atoms with Crippen molar-refractivity contribution >= 4 is 11.6 Å². The minimum absolute atomic E-state index is 0.0548. The van der Waals surface area contributed by atoms with Crippen molar-refractivity contribution in [1.82, 2.24) is 9.80 Å². The van der Waals surface area contributed by atoms with Crippen molar-refractivity contribution < 1.29 is 9.59 Å². The Hall–Kier alpha value is -2.30. The summed E-state index contributed by atoms with van der Waals surface area (Å²) in [6.07, 6.45) is 0. The first-order valence-electron chi connectivity index (χ1n) is 8.01. The fourth-order valence-corrected chi connectivity index (χ4v) is 3.17. The molecule has 2 aromatic rings. The number of rotatable bonds is 4. The van der Waals surface area contributed by atoms with Gasteiger partial charge < -0.3 is 9.80 Å². The molecule has 0 saturated carbocycles. The zero-order valence-electron chi connectivity index (χ0n) is 14.6. The molecule has 124 valence electrons. The molecular weight excluding hydrogens is 300 g/mol. The Kier molecular flexibility index (Phi) is 4.35. The Bertz CT molecular complexity index is 757. The molecule has 4 nitrogen and oxygen atoms in total. The van der Waals surface area contributed by atoms with E-state index in [2.05, 4.69) is 0 Å².